The van der Waals surface area contributed by atoms with Gasteiger partial charge in [-0.2, -0.15) is 0 Å². The van der Waals surface area contributed by atoms with Gasteiger partial charge in [0.25, 0.3) is 10.0 Å². The third-order valence-corrected chi connectivity index (χ3v) is 6.36. The minimum atomic E-state index is -3.70. The molecule has 5 nitrogen and oxygen atoms in total. The maximum absolute atomic E-state index is 12.9. The van der Waals surface area contributed by atoms with Crippen LogP contribution in [0.3, 0.4) is 0 Å². The molecule has 4 rings (SSSR count). The second-order valence-electron chi connectivity index (χ2n) is 6.97. The first-order valence-electron chi connectivity index (χ1n) is 9.30. The molecule has 6 heteroatoms. The van der Waals surface area contributed by atoms with Crippen LogP contribution in [0.1, 0.15) is 24.8 Å². The van der Waals surface area contributed by atoms with Gasteiger partial charge >= 0.3 is 0 Å². The summed E-state index contributed by atoms with van der Waals surface area (Å²) >= 11 is 0. The van der Waals surface area contributed by atoms with Crippen molar-refractivity contribution >= 4 is 26.6 Å². The number of anilines is 1. The fourth-order valence-corrected chi connectivity index (χ4v) is 4.80. The molecule has 1 aromatic heterocycles. The van der Waals surface area contributed by atoms with E-state index in [2.05, 4.69) is 14.6 Å². The summed E-state index contributed by atoms with van der Waals surface area (Å²) in [5.41, 5.74) is 2.24. The number of pyridine rings is 1. The average Bonchev–Trinajstić information content (AvgIpc) is 2.70. The monoisotopic (exact) mass is 381 g/mol. The highest BCUT2D eigenvalue weighted by molar-refractivity contribution is 7.93. The van der Waals surface area contributed by atoms with Crippen LogP contribution in [-0.2, 0) is 16.6 Å². The van der Waals surface area contributed by atoms with Gasteiger partial charge in [-0.1, -0.05) is 36.8 Å². The first-order chi connectivity index (χ1) is 13.1. The molecule has 140 valence electrons. The molecule has 0 radical (unpaired) electrons. The normalized spacial score (nSPS) is 15.7. The number of piperidine rings is 1. The topological polar surface area (TPSA) is 62.3 Å². The SMILES string of the molecule is O=S(=O)(Nc1ccc(CN2CCCCC2)cc1)c1cccc2cccnc12. The summed E-state index contributed by atoms with van der Waals surface area (Å²) in [4.78, 5) is 6.88. The van der Waals surface area contributed by atoms with E-state index in [4.69, 9.17) is 0 Å². The van der Waals surface area contributed by atoms with E-state index in [1.165, 1.54) is 24.8 Å². The zero-order chi connectivity index (χ0) is 18.7. The Morgan fingerprint density at radius 2 is 1.67 bits per heavy atom. The van der Waals surface area contributed by atoms with Crippen molar-refractivity contribution in [1.29, 1.82) is 0 Å². The molecule has 27 heavy (non-hydrogen) atoms. The lowest BCUT2D eigenvalue weighted by Crippen LogP contribution is -2.29. The summed E-state index contributed by atoms with van der Waals surface area (Å²) < 4.78 is 28.4. The highest BCUT2D eigenvalue weighted by Gasteiger charge is 2.18. The van der Waals surface area contributed by atoms with Crippen LogP contribution in [0.2, 0.25) is 0 Å². The number of benzene rings is 2. The predicted octanol–water partition coefficient (Wildman–Crippen LogP) is 4.02. The Bertz CT molecular complexity index is 1020. The molecule has 3 aromatic rings. The quantitative estimate of drug-likeness (QED) is 0.725. The molecule has 0 unspecified atom stereocenters. The predicted molar refractivity (Wildman–Crippen MR) is 108 cm³/mol. The van der Waals surface area contributed by atoms with Crippen LogP contribution in [-0.4, -0.2) is 31.4 Å². The van der Waals surface area contributed by atoms with Crippen LogP contribution in [0.4, 0.5) is 5.69 Å². The number of rotatable bonds is 5. The van der Waals surface area contributed by atoms with Gasteiger partial charge in [0.15, 0.2) is 0 Å². The van der Waals surface area contributed by atoms with Crippen LogP contribution < -0.4 is 4.72 Å². The van der Waals surface area contributed by atoms with Gasteiger partial charge in [0.05, 0.1) is 5.52 Å². The first kappa shape index (κ1) is 17.9. The van der Waals surface area contributed by atoms with Gasteiger partial charge in [0, 0.05) is 23.8 Å². The zero-order valence-corrected chi connectivity index (χ0v) is 16.0. The molecule has 2 heterocycles. The van der Waals surface area contributed by atoms with Gasteiger partial charge < -0.3 is 0 Å². The molecule has 0 amide bonds. The van der Waals surface area contributed by atoms with Gasteiger partial charge in [-0.25, -0.2) is 8.42 Å². The van der Waals surface area contributed by atoms with Crippen molar-refractivity contribution in [3.63, 3.8) is 0 Å². The largest absolute Gasteiger partial charge is 0.299 e. The Kier molecular flexibility index (Phi) is 5.09. The van der Waals surface area contributed by atoms with Gasteiger partial charge in [0.2, 0.25) is 0 Å². The smallest absolute Gasteiger partial charge is 0.264 e. The van der Waals surface area contributed by atoms with Crippen molar-refractivity contribution < 1.29 is 8.42 Å². The third kappa shape index (κ3) is 4.12. The summed E-state index contributed by atoms with van der Waals surface area (Å²) in [7, 11) is -3.70. The minimum absolute atomic E-state index is 0.193. The molecule has 1 saturated heterocycles. The van der Waals surface area contributed by atoms with Crippen molar-refractivity contribution in [1.82, 2.24) is 9.88 Å². The zero-order valence-electron chi connectivity index (χ0n) is 15.1. The Morgan fingerprint density at radius 3 is 2.44 bits per heavy atom. The summed E-state index contributed by atoms with van der Waals surface area (Å²) in [5.74, 6) is 0. The highest BCUT2D eigenvalue weighted by atomic mass is 32.2. The van der Waals surface area contributed by atoms with Crippen molar-refractivity contribution in [2.24, 2.45) is 0 Å². The lowest BCUT2D eigenvalue weighted by molar-refractivity contribution is 0.221. The van der Waals surface area contributed by atoms with E-state index in [9.17, 15) is 8.42 Å². The Balaban J connectivity index is 1.52. The van der Waals surface area contributed by atoms with Crippen LogP contribution >= 0.6 is 0 Å². The van der Waals surface area contributed by atoms with Crippen molar-refractivity contribution in [2.75, 3.05) is 17.8 Å². The van der Waals surface area contributed by atoms with Crippen molar-refractivity contribution in [3.8, 4) is 0 Å². The van der Waals surface area contributed by atoms with Crippen molar-refractivity contribution in [3.05, 3.63) is 66.4 Å². The van der Waals surface area contributed by atoms with Crippen LogP contribution in [0.15, 0.2) is 65.7 Å². The lowest BCUT2D eigenvalue weighted by atomic mass is 10.1. The Labute approximate surface area is 160 Å². The molecule has 0 aliphatic carbocycles. The number of nitrogens with one attached hydrogen (secondary N) is 1. The molecular formula is C21H23N3O2S. The fourth-order valence-electron chi connectivity index (χ4n) is 3.56. The molecule has 0 bridgehead atoms. The second-order valence-corrected chi connectivity index (χ2v) is 8.62. The molecule has 1 aliphatic rings. The Hall–Kier alpha value is -2.44. The molecule has 0 spiro atoms. The number of sulfonamides is 1. The van der Waals surface area contributed by atoms with E-state index in [1.807, 2.05) is 36.4 Å². The highest BCUT2D eigenvalue weighted by Crippen LogP contribution is 2.23. The number of fused-ring (bicyclic) bond motifs is 1. The minimum Gasteiger partial charge on any atom is -0.299 e. The molecule has 1 aliphatic heterocycles. The van der Waals surface area contributed by atoms with E-state index >= 15 is 0 Å². The van der Waals surface area contributed by atoms with Gasteiger partial charge in [0.1, 0.15) is 4.90 Å². The summed E-state index contributed by atoms with van der Waals surface area (Å²) in [6.45, 7) is 3.20. The average molecular weight is 382 g/mol. The van der Waals surface area contributed by atoms with Crippen LogP contribution in [0, 0.1) is 0 Å². The third-order valence-electron chi connectivity index (χ3n) is 4.95. The van der Waals surface area contributed by atoms with E-state index < -0.39 is 10.0 Å². The molecule has 1 N–H and O–H groups in total. The number of nitrogens with zero attached hydrogens (tertiary/aromatic N) is 2. The van der Waals surface area contributed by atoms with E-state index in [-0.39, 0.29) is 4.90 Å². The van der Waals surface area contributed by atoms with E-state index in [1.54, 1.807) is 24.4 Å². The summed E-state index contributed by atoms with van der Waals surface area (Å²) in [6, 6.07) is 16.5. The first-order valence-corrected chi connectivity index (χ1v) is 10.8. The van der Waals surface area contributed by atoms with Crippen LogP contribution in [0.25, 0.3) is 10.9 Å². The standard InChI is InChI=1S/C21H23N3O2S/c25-27(26,20-8-4-6-18-7-5-13-22-21(18)20)23-19-11-9-17(10-12-19)16-24-14-2-1-3-15-24/h4-13,23H,1-3,14-16H2. The van der Waals surface area contributed by atoms with Crippen LogP contribution in [0.5, 0.6) is 0 Å². The number of hydrogen-bond donors (Lipinski definition) is 1. The fraction of sp³-hybridized carbons (Fsp3) is 0.286. The number of hydrogen-bond acceptors (Lipinski definition) is 4. The van der Waals surface area contributed by atoms with Gasteiger partial charge in [-0.05, 0) is 55.8 Å². The Morgan fingerprint density at radius 1 is 0.926 bits per heavy atom. The van der Waals surface area contributed by atoms with Gasteiger partial charge in [-0.3, -0.25) is 14.6 Å². The maximum Gasteiger partial charge on any atom is 0.264 e. The summed E-state index contributed by atoms with van der Waals surface area (Å²) in [5, 5.41) is 0.803. The maximum atomic E-state index is 12.9. The summed E-state index contributed by atoms with van der Waals surface area (Å²) in [6.07, 6.45) is 5.45. The molecule has 0 atom stereocenters. The molecule has 1 fully saturated rings. The number of likely N-dealkylation sites (tertiary alicyclic amines) is 1. The molecular weight excluding hydrogens is 358 g/mol. The second kappa shape index (κ2) is 7.66. The number of para-hydroxylation sites is 1. The van der Waals surface area contributed by atoms with E-state index in [0.717, 1.165) is 25.0 Å². The molecule has 2 aromatic carbocycles. The van der Waals surface area contributed by atoms with E-state index in [0.29, 0.717) is 11.2 Å². The van der Waals surface area contributed by atoms with Gasteiger partial charge in [-0.15, -0.1) is 0 Å². The lowest BCUT2D eigenvalue weighted by Gasteiger charge is -2.26. The van der Waals surface area contributed by atoms with Crippen molar-refractivity contribution in [2.45, 2.75) is 30.7 Å². The molecule has 0 saturated carbocycles. The number of aromatic nitrogens is 1.